The molecule has 3 unspecified atom stereocenters. The summed E-state index contributed by atoms with van der Waals surface area (Å²) in [5.41, 5.74) is 7.21. The first-order valence-corrected chi connectivity index (χ1v) is 7.37. The Kier molecular flexibility index (Phi) is 5.15. The molecule has 1 heterocycles. The number of carbonyl (C=O) groups is 1. The van der Waals surface area contributed by atoms with Crippen molar-refractivity contribution in [1.29, 1.82) is 0 Å². The minimum atomic E-state index is -0.252. The van der Waals surface area contributed by atoms with Crippen LogP contribution >= 0.6 is 0 Å². The molecule has 0 bridgehead atoms. The Balaban J connectivity index is 1.91. The second kappa shape index (κ2) is 6.86. The first-order chi connectivity index (χ1) is 9.58. The molecule has 0 aliphatic carbocycles. The Morgan fingerprint density at radius 2 is 2.10 bits per heavy atom. The van der Waals surface area contributed by atoms with Crippen molar-refractivity contribution in [2.24, 2.45) is 11.7 Å². The van der Waals surface area contributed by atoms with Crippen LogP contribution in [0.15, 0.2) is 30.3 Å². The molecule has 1 fully saturated rings. The first-order valence-electron chi connectivity index (χ1n) is 7.37. The summed E-state index contributed by atoms with van der Waals surface area (Å²) in [5, 5.41) is 3.14. The van der Waals surface area contributed by atoms with Crippen LogP contribution in [-0.4, -0.2) is 37.0 Å². The highest BCUT2D eigenvalue weighted by atomic mass is 16.2. The number of hydrogen-bond acceptors (Lipinski definition) is 3. The van der Waals surface area contributed by atoms with Gasteiger partial charge in [-0.15, -0.1) is 0 Å². The summed E-state index contributed by atoms with van der Waals surface area (Å²) in [6, 6.07) is 9.82. The lowest BCUT2D eigenvalue weighted by molar-refractivity contribution is -0.126. The summed E-state index contributed by atoms with van der Waals surface area (Å²) in [4.78, 5) is 14.6. The Hall–Kier alpha value is -1.39. The van der Waals surface area contributed by atoms with Gasteiger partial charge in [0.15, 0.2) is 0 Å². The predicted molar refractivity (Wildman–Crippen MR) is 81.2 cm³/mol. The van der Waals surface area contributed by atoms with E-state index >= 15 is 0 Å². The lowest BCUT2D eigenvalue weighted by Gasteiger charge is -2.31. The van der Waals surface area contributed by atoms with E-state index in [9.17, 15) is 4.79 Å². The van der Waals surface area contributed by atoms with Crippen molar-refractivity contribution in [3.05, 3.63) is 35.9 Å². The average Bonchev–Trinajstić information content (AvgIpc) is 2.46. The van der Waals surface area contributed by atoms with E-state index in [0.29, 0.717) is 0 Å². The number of likely N-dealkylation sites (N-methyl/N-ethyl adjacent to an activating group) is 1. The van der Waals surface area contributed by atoms with E-state index in [0.717, 1.165) is 31.5 Å². The van der Waals surface area contributed by atoms with Crippen molar-refractivity contribution in [3.63, 3.8) is 0 Å². The molecule has 1 aromatic rings. The fourth-order valence-electron chi connectivity index (χ4n) is 2.74. The van der Waals surface area contributed by atoms with E-state index in [2.05, 4.69) is 17.3 Å². The summed E-state index contributed by atoms with van der Waals surface area (Å²) in [5.74, 6) is -0.161. The minimum absolute atomic E-state index is 0.0571. The number of hydrogen-bond donors (Lipinski definition) is 2. The largest absolute Gasteiger partial charge is 0.352 e. The number of carbonyl (C=O) groups excluding carboxylic acids is 1. The summed E-state index contributed by atoms with van der Waals surface area (Å²) in [6.07, 6.45) is 2.20. The highest BCUT2D eigenvalue weighted by Crippen LogP contribution is 2.19. The Bertz CT molecular complexity index is 435. The van der Waals surface area contributed by atoms with Gasteiger partial charge < -0.3 is 16.0 Å². The highest BCUT2D eigenvalue weighted by molar-refractivity contribution is 5.79. The molecule has 0 radical (unpaired) electrons. The molecular formula is C16H25N3O. The lowest BCUT2D eigenvalue weighted by atomic mass is 9.94. The molecule has 20 heavy (non-hydrogen) atoms. The van der Waals surface area contributed by atoms with Crippen molar-refractivity contribution in [2.45, 2.75) is 31.8 Å². The third-order valence-electron chi connectivity index (χ3n) is 4.11. The maximum absolute atomic E-state index is 12.3. The average molecular weight is 275 g/mol. The molecule has 2 rings (SSSR count). The van der Waals surface area contributed by atoms with E-state index in [1.807, 2.05) is 37.3 Å². The summed E-state index contributed by atoms with van der Waals surface area (Å²) in [6.45, 7) is 3.95. The number of nitrogens with one attached hydrogen (secondary N) is 1. The van der Waals surface area contributed by atoms with Crippen molar-refractivity contribution in [3.8, 4) is 0 Å². The monoisotopic (exact) mass is 275 g/mol. The fourth-order valence-corrected chi connectivity index (χ4v) is 2.74. The summed E-state index contributed by atoms with van der Waals surface area (Å²) >= 11 is 0. The SMILES string of the molecule is CC(C(=O)NC1CCCN(C)C1)C(N)c1ccccc1. The van der Waals surface area contributed by atoms with Gasteiger partial charge in [0.2, 0.25) is 5.91 Å². The zero-order valence-electron chi connectivity index (χ0n) is 12.4. The van der Waals surface area contributed by atoms with Crippen LogP contribution < -0.4 is 11.1 Å². The van der Waals surface area contributed by atoms with Gasteiger partial charge in [0.1, 0.15) is 0 Å². The zero-order chi connectivity index (χ0) is 14.5. The Morgan fingerprint density at radius 1 is 1.40 bits per heavy atom. The van der Waals surface area contributed by atoms with Gasteiger partial charge in [0.25, 0.3) is 0 Å². The molecule has 0 saturated carbocycles. The second-order valence-corrected chi connectivity index (χ2v) is 5.84. The van der Waals surface area contributed by atoms with Gasteiger partial charge in [-0.25, -0.2) is 0 Å². The number of nitrogens with two attached hydrogens (primary N) is 1. The zero-order valence-corrected chi connectivity index (χ0v) is 12.4. The van der Waals surface area contributed by atoms with Crippen LogP contribution in [-0.2, 0) is 4.79 Å². The molecular weight excluding hydrogens is 250 g/mol. The smallest absolute Gasteiger partial charge is 0.225 e. The molecule has 3 N–H and O–H groups in total. The normalized spacial score (nSPS) is 23.1. The molecule has 1 aliphatic rings. The molecule has 0 aromatic heterocycles. The molecule has 3 atom stereocenters. The summed E-state index contributed by atoms with van der Waals surface area (Å²) in [7, 11) is 2.09. The lowest BCUT2D eigenvalue weighted by Crippen LogP contribution is -2.48. The van der Waals surface area contributed by atoms with Gasteiger partial charge in [0.05, 0.1) is 5.92 Å². The first kappa shape index (κ1) is 15.0. The third-order valence-corrected chi connectivity index (χ3v) is 4.11. The van der Waals surface area contributed by atoms with Crippen LogP contribution in [0.5, 0.6) is 0 Å². The van der Waals surface area contributed by atoms with E-state index in [-0.39, 0.29) is 23.9 Å². The Labute approximate surface area is 121 Å². The van der Waals surface area contributed by atoms with E-state index in [4.69, 9.17) is 5.73 Å². The molecule has 1 amide bonds. The Morgan fingerprint density at radius 3 is 2.75 bits per heavy atom. The molecule has 4 heteroatoms. The van der Waals surface area contributed by atoms with Crippen LogP contribution in [0.4, 0.5) is 0 Å². The molecule has 0 spiro atoms. The third kappa shape index (κ3) is 3.81. The maximum Gasteiger partial charge on any atom is 0.225 e. The van der Waals surface area contributed by atoms with Crippen molar-refractivity contribution in [1.82, 2.24) is 10.2 Å². The van der Waals surface area contributed by atoms with Gasteiger partial charge in [-0.3, -0.25) is 4.79 Å². The number of nitrogens with zero attached hydrogens (tertiary/aromatic N) is 1. The van der Waals surface area contributed by atoms with Gasteiger partial charge in [-0.2, -0.15) is 0 Å². The van der Waals surface area contributed by atoms with Gasteiger partial charge in [-0.05, 0) is 32.0 Å². The van der Waals surface area contributed by atoms with Gasteiger partial charge in [-0.1, -0.05) is 37.3 Å². The standard InChI is InChI=1S/C16H25N3O/c1-12(15(17)13-7-4-3-5-8-13)16(20)18-14-9-6-10-19(2)11-14/h3-5,7-8,12,14-15H,6,9-11,17H2,1-2H3,(H,18,20). The van der Waals surface area contributed by atoms with E-state index < -0.39 is 0 Å². The van der Waals surface area contributed by atoms with E-state index in [1.54, 1.807) is 0 Å². The number of rotatable bonds is 4. The van der Waals surface area contributed by atoms with Crippen LogP contribution in [0.25, 0.3) is 0 Å². The summed E-state index contributed by atoms with van der Waals surface area (Å²) < 4.78 is 0. The van der Waals surface area contributed by atoms with Crippen LogP contribution in [0, 0.1) is 5.92 Å². The van der Waals surface area contributed by atoms with E-state index in [1.165, 1.54) is 0 Å². The van der Waals surface area contributed by atoms with Crippen LogP contribution in [0.3, 0.4) is 0 Å². The number of benzene rings is 1. The maximum atomic E-state index is 12.3. The fraction of sp³-hybridized carbons (Fsp3) is 0.562. The molecule has 110 valence electrons. The number of piperidine rings is 1. The van der Waals surface area contributed by atoms with Crippen molar-refractivity contribution >= 4 is 5.91 Å². The van der Waals surface area contributed by atoms with Crippen molar-refractivity contribution in [2.75, 3.05) is 20.1 Å². The van der Waals surface area contributed by atoms with Crippen LogP contribution in [0.2, 0.25) is 0 Å². The molecule has 1 saturated heterocycles. The second-order valence-electron chi connectivity index (χ2n) is 5.84. The molecule has 1 aliphatic heterocycles. The highest BCUT2D eigenvalue weighted by Gasteiger charge is 2.25. The van der Waals surface area contributed by atoms with Gasteiger partial charge >= 0.3 is 0 Å². The molecule has 1 aromatic carbocycles. The quantitative estimate of drug-likeness (QED) is 0.876. The topological polar surface area (TPSA) is 58.4 Å². The van der Waals surface area contributed by atoms with Crippen LogP contribution in [0.1, 0.15) is 31.4 Å². The number of amides is 1. The number of likely N-dealkylation sites (tertiary alicyclic amines) is 1. The molecule has 4 nitrogen and oxygen atoms in total. The van der Waals surface area contributed by atoms with Gasteiger partial charge in [0, 0.05) is 18.6 Å². The van der Waals surface area contributed by atoms with Crippen molar-refractivity contribution < 1.29 is 4.79 Å². The predicted octanol–water partition coefficient (Wildman–Crippen LogP) is 1.53. The minimum Gasteiger partial charge on any atom is -0.352 e.